The molecule has 0 fully saturated rings. The number of benzene rings is 1. The van der Waals surface area contributed by atoms with E-state index in [0.717, 1.165) is 22.4 Å². The van der Waals surface area contributed by atoms with E-state index in [2.05, 4.69) is 25.4 Å². The Balaban J connectivity index is 1.74. The van der Waals surface area contributed by atoms with Gasteiger partial charge in [-0.05, 0) is 30.7 Å². The molecule has 1 aromatic carbocycles. The van der Waals surface area contributed by atoms with Crippen molar-refractivity contribution in [3.05, 3.63) is 66.9 Å². The minimum absolute atomic E-state index is 0.399. The summed E-state index contributed by atoms with van der Waals surface area (Å²) < 4.78 is 7.74. The highest BCUT2D eigenvalue weighted by molar-refractivity contribution is 5.69. The molecule has 0 radical (unpaired) electrons. The SMILES string of the molecule is Cc1cncc(-c2cnc(Nc3cnn(C)c3)nc2Oc2cccc(N)c2)c1. The number of hydrogen-bond donors (Lipinski definition) is 2. The number of hydrogen-bond acceptors (Lipinski definition) is 7. The minimum Gasteiger partial charge on any atom is -0.438 e. The van der Waals surface area contributed by atoms with E-state index in [1.807, 2.05) is 38.4 Å². The Labute approximate surface area is 162 Å². The van der Waals surface area contributed by atoms with Gasteiger partial charge in [-0.2, -0.15) is 10.1 Å². The Morgan fingerprint density at radius 3 is 2.75 bits per heavy atom. The van der Waals surface area contributed by atoms with Gasteiger partial charge in [-0.1, -0.05) is 6.07 Å². The first kappa shape index (κ1) is 17.5. The van der Waals surface area contributed by atoms with E-state index < -0.39 is 0 Å². The molecule has 0 bridgehead atoms. The van der Waals surface area contributed by atoms with Crippen LogP contribution in [-0.4, -0.2) is 24.7 Å². The van der Waals surface area contributed by atoms with Gasteiger partial charge in [-0.25, -0.2) is 4.98 Å². The zero-order valence-electron chi connectivity index (χ0n) is 15.5. The summed E-state index contributed by atoms with van der Waals surface area (Å²) in [6.07, 6.45) is 8.79. The molecular weight excluding hydrogens is 354 g/mol. The zero-order valence-corrected chi connectivity index (χ0v) is 15.5. The molecule has 0 aliphatic carbocycles. The molecule has 0 unspecified atom stereocenters. The van der Waals surface area contributed by atoms with Crippen LogP contribution in [0.15, 0.2) is 61.3 Å². The van der Waals surface area contributed by atoms with Crippen molar-refractivity contribution in [3.8, 4) is 22.8 Å². The fraction of sp³-hybridized carbons (Fsp3) is 0.100. The summed E-state index contributed by atoms with van der Waals surface area (Å²) in [6, 6.07) is 9.20. The van der Waals surface area contributed by atoms with Gasteiger partial charge >= 0.3 is 0 Å². The predicted octanol–water partition coefficient (Wildman–Crippen LogP) is 3.70. The van der Waals surface area contributed by atoms with Crippen LogP contribution in [0.25, 0.3) is 11.1 Å². The Morgan fingerprint density at radius 2 is 2.00 bits per heavy atom. The van der Waals surface area contributed by atoms with Gasteiger partial charge in [0.25, 0.3) is 0 Å². The van der Waals surface area contributed by atoms with Gasteiger partial charge < -0.3 is 15.8 Å². The summed E-state index contributed by atoms with van der Waals surface area (Å²) in [7, 11) is 1.84. The third-order valence-electron chi connectivity index (χ3n) is 3.97. The molecule has 0 aliphatic rings. The summed E-state index contributed by atoms with van der Waals surface area (Å²) in [6.45, 7) is 1.98. The molecule has 8 nitrogen and oxygen atoms in total. The number of nitrogen functional groups attached to an aromatic ring is 1. The van der Waals surface area contributed by atoms with Crippen molar-refractivity contribution in [1.29, 1.82) is 0 Å². The van der Waals surface area contributed by atoms with Crippen LogP contribution in [0.3, 0.4) is 0 Å². The standard InChI is InChI=1S/C20H19N7O/c1-13-6-14(9-22-8-13)18-11-23-20(25-16-10-24-27(2)12-16)26-19(18)28-17-5-3-4-15(21)7-17/h3-12H,21H2,1-2H3,(H,23,25,26). The Morgan fingerprint density at radius 1 is 1.11 bits per heavy atom. The second-order valence-electron chi connectivity index (χ2n) is 6.37. The number of anilines is 3. The van der Waals surface area contributed by atoms with Crippen molar-refractivity contribution in [2.75, 3.05) is 11.1 Å². The normalized spacial score (nSPS) is 10.6. The molecule has 140 valence electrons. The number of ether oxygens (including phenoxy) is 1. The second-order valence-corrected chi connectivity index (χ2v) is 6.37. The van der Waals surface area contributed by atoms with Crippen LogP contribution in [0.2, 0.25) is 0 Å². The summed E-state index contributed by atoms with van der Waals surface area (Å²) in [4.78, 5) is 13.2. The van der Waals surface area contributed by atoms with Crippen LogP contribution < -0.4 is 15.8 Å². The van der Waals surface area contributed by atoms with Crippen LogP contribution in [0.4, 0.5) is 17.3 Å². The molecule has 28 heavy (non-hydrogen) atoms. The number of nitrogens with zero attached hydrogens (tertiary/aromatic N) is 5. The number of aromatic nitrogens is 5. The van der Waals surface area contributed by atoms with E-state index in [-0.39, 0.29) is 0 Å². The van der Waals surface area contributed by atoms with Crippen LogP contribution in [-0.2, 0) is 7.05 Å². The predicted molar refractivity (Wildman–Crippen MR) is 107 cm³/mol. The lowest BCUT2D eigenvalue weighted by atomic mass is 10.1. The Bertz CT molecular complexity index is 1120. The van der Waals surface area contributed by atoms with E-state index in [4.69, 9.17) is 10.5 Å². The van der Waals surface area contributed by atoms with Crippen molar-refractivity contribution < 1.29 is 4.74 Å². The summed E-state index contributed by atoms with van der Waals surface area (Å²) in [5.74, 6) is 1.39. The Hall–Kier alpha value is -3.94. The smallest absolute Gasteiger partial charge is 0.232 e. The van der Waals surface area contributed by atoms with Gasteiger partial charge in [-0.15, -0.1) is 0 Å². The average molecular weight is 373 g/mol. The van der Waals surface area contributed by atoms with Gasteiger partial charge in [-0.3, -0.25) is 9.67 Å². The first-order chi connectivity index (χ1) is 13.6. The highest BCUT2D eigenvalue weighted by atomic mass is 16.5. The van der Waals surface area contributed by atoms with Gasteiger partial charge in [0.15, 0.2) is 0 Å². The quantitative estimate of drug-likeness (QED) is 0.514. The molecule has 0 atom stereocenters. The molecule has 4 rings (SSSR count). The third kappa shape index (κ3) is 3.90. The molecule has 0 amide bonds. The van der Waals surface area contributed by atoms with Crippen molar-refractivity contribution in [2.24, 2.45) is 7.05 Å². The summed E-state index contributed by atoms with van der Waals surface area (Å²) in [5, 5.41) is 7.26. The summed E-state index contributed by atoms with van der Waals surface area (Å²) >= 11 is 0. The molecule has 4 aromatic rings. The number of nitrogens with one attached hydrogen (secondary N) is 1. The molecule has 0 saturated heterocycles. The molecule has 3 heterocycles. The van der Waals surface area contributed by atoms with E-state index in [1.165, 1.54) is 0 Å². The van der Waals surface area contributed by atoms with Crippen molar-refractivity contribution in [2.45, 2.75) is 6.92 Å². The number of pyridine rings is 1. The lowest BCUT2D eigenvalue weighted by molar-refractivity contribution is 0.465. The molecular formula is C20H19N7O. The van der Waals surface area contributed by atoms with Gasteiger partial charge in [0.05, 0.1) is 17.4 Å². The number of nitrogens with two attached hydrogens (primary N) is 1. The van der Waals surface area contributed by atoms with Crippen molar-refractivity contribution >= 4 is 17.3 Å². The number of aryl methyl sites for hydroxylation is 2. The maximum Gasteiger partial charge on any atom is 0.232 e. The average Bonchev–Trinajstić information content (AvgIpc) is 3.07. The second kappa shape index (κ2) is 7.36. The molecule has 0 saturated carbocycles. The van der Waals surface area contributed by atoms with Crippen LogP contribution >= 0.6 is 0 Å². The molecule has 3 N–H and O–H groups in total. The highest BCUT2D eigenvalue weighted by Gasteiger charge is 2.13. The Kier molecular flexibility index (Phi) is 4.59. The fourth-order valence-corrected chi connectivity index (χ4v) is 2.71. The largest absolute Gasteiger partial charge is 0.438 e. The molecule has 0 spiro atoms. The third-order valence-corrected chi connectivity index (χ3v) is 3.97. The topological polar surface area (TPSA) is 104 Å². The van der Waals surface area contributed by atoms with Crippen LogP contribution in [0.5, 0.6) is 11.6 Å². The minimum atomic E-state index is 0.399. The monoisotopic (exact) mass is 373 g/mol. The first-order valence-corrected chi connectivity index (χ1v) is 8.65. The van der Waals surface area contributed by atoms with Gasteiger partial charge in [0.2, 0.25) is 11.8 Å². The molecule has 3 aromatic heterocycles. The zero-order chi connectivity index (χ0) is 19.5. The van der Waals surface area contributed by atoms with E-state index in [9.17, 15) is 0 Å². The van der Waals surface area contributed by atoms with Gasteiger partial charge in [0, 0.05) is 49.2 Å². The van der Waals surface area contributed by atoms with E-state index in [0.29, 0.717) is 23.3 Å². The van der Waals surface area contributed by atoms with Crippen molar-refractivity contribution in [1.82, 2.24) is 24.7 Å². The van der Waals surface area contributed by atoms with Crippen LogP contribution in [0, 0.1) is 6.92 Å². The maximum absolute atomic E-state index is 6.05. The molecule has 0 aliphatic heterocycles. The van der Waals surface area contributed by atoms with E-state index >= 15 is 0 Å². The number of rotatable bonds is 5. The summed E-state index contributed by atoms with van der Waals surface area (Å²) in [5.41, 5.74) is 9.89. The fourth-order valence-electron chi connectivity index (χ4n) is 2.71. The highest BCUT2D eigenvalue weighted by Crippen LogP contribution is 2.33. The maximum atomic E-state index is 6.05. The lowest BCUT2D eigenvalue weighted by Gasteiger charge is -2.12. The van der Waals surface area contributed by atoms with Gasteiger partial charge in [0.1, 0.15) is 5.75 Å². The molecule has 8 heteroatoms. The van der Waals surface area contributed by atoms with Crippen molar-refractivity contribution in [3.63, 3.8) is 0 Å². The van der Waals surface area contributed by atoms with E-state index in [1.54, 1.807) is 41.6 Å². The van der Waals surface area contributed by atoms with Crippen LogP contribution in [0.1, 0.15) is 5.56 Å². The first-order valence-electron chi connectivity index (χ1n) is 8.65. The lowest BCUT2D eigenvalue weighted by Crippen LogP contribution is -2.00.